The van der Waals surface area contributed by atoms with Crippen LogP contribution in [-0.4, -0.2) is 144 Å². The van der Waals surface area contributed by atoms with E-state index in [2.05, 4.69) is 10.6 Å². The van der Waals surface area contributed by atoms with Gasteiger partial charge in [-0.15, -0.1) is 0 Å². The maximum absolute atomic E-state index is 13.1. The predicted octanol–water partition coefficient (Wildman–Crippen LogP) is -1.56. The van der Waals surface area contributed by atoms with Crippen molar-refractivity contribution in [1.29, 1.82) is 0 Å². The Morgan fingerprint density at radius 2 is 1.62 bits per heavy atom. The molecular weight excluding hydrogens is 618 g/mol. The first-order chi connectivity index (χ1) is 22.5. The fraction of sp³-hybridized carbons (Fsp3) is 0.938. The van der Waals surface area contributed by atoms with E-state index >= 15 is 0 Å². The third-order valence-corrected chi connectivity index (χ3v) is 10.3. The summed E-state index contributed by atoms with van der Waals surface area (Å²) in [4.78, 5) is 25.8. The molecule has 2 saturated heterocycles. The van der Waals surface area contributed by atoms with Gasteiger partial charge in [0.15, 0.2) is 6.29 Å². The van der Waals surface area contributed by atoms with E-state index in [9.17, 15) is 35.1 Å². The summed E-state index contributed by atoms with van der Waals surface area (Å²) >= 11 is 0. The monoisotopic (exact) mass is 675 g/mol. The number of rotatable bonds is 13. The molecule has 9 N–H and O–H groups in total. The van der Waals surface area contributed by atoms with Crippen LogP contribution in [0.25, 0.3) is 0 Å². The molecule has 0 radical (unpaired) electrons. The number of hydrogen-bond acceptors (Lipinski definition) is 13. The smallest absolute Gasteiger partial charge is 0.248 e. The molecule has 14 atom stereocenters. The number of nitrogens with two attached hydrogens (primary N) is 1. The highest BCUT2D eigenvalue weighted by atomic mass is 16.7. The summed E-state index contributed by atoms with van der Waals surface area (Å²) in [6.07, 6.45) is -4.73. The van der Waals surface area contributed by atoms with Crippen LogP contribution >= 0.6 is 0 Å². The van der Waals surface area contributed by atoms with Gasteiger partial charge >= 0.3 is 0 Å². The largest absolute Gasteiger partial charge is 0.394 e. The van der Waals surface area contributed by atoms with E-state index in [0.717, 1.165) is 44.9 Å². The second kappa shape index (κ2) is 17.9. The molecule has 15 nitrogen and oxygen atoms in total. The van der Waals surface area contributed by atoms with Crippen molar-refractivity contribution in [3.63, 3.8) is 0 Å². The summed E-state index contributed by atoms with van der Waals surface area (Å²) < 4.78 is 31.0. The summed E-state index contributed by atoms with van der Waals surface area (Å²) in [6, 6.07) is -1.10. The highest BCUT2D eigenvalue weighted by molar-refractivity contribution is 5.80. The Bertz CT molecular complexity index is 989. The van der Waals surface area contributed by atoms with Crippen molar-refractivity contribution in [3.05, 3.63) is 0 Å². The Morgan fingerprint density at radius 1 is 0.894 bits per heavy atom. The number of nitrogens with one attached hydrogen (secondary N) is 2. The normalized spacial score (nSPS) is 40.8. The van der Waals surface area contributed by atoms with Crippen molar-refractivity contribution >= 4 is 11.8 Å². The average molecular weight is 676 g/mol. The van der Waals surface area contributed by atoms with E-state index in [0.29, 0.717) is 12.8 Å². The number of aliphatic hydroxyl groups excluding tert-OH is 5. The predicted molar refractivity (Wildman–Crippen MR) is 167 cm³/mol. The molecular formula is C32H57N3O12. The maximum atomic E-state index is 13.1. The zero-order valence-electron chi connectivity index (χ0n) is 27.8. The van der Waals surface area contributed by atoms with Crippen molar-refractivity contribution in [3.8, 4) is 0 Å². The lowest BCUT2D eigenvalue weighted by Crippen LogP contribution is -2.67. The van der Waals surface area contributed by atoms with Crippen LogP contribution in [0.2, 0.25) is 0 Å². The second-order valence-corrected chi connectivity index (χ2v) is 13.7. The van der Waals surface area contributed by atoms with E-state index in [1.807, 2.05) is 6.92 Å². The molecule has 0 aromatic carbocycles. The number of carbonyl (C=O) groups excluding carboxylic acids is 2. The summed E-state index contributed by atoms with van der Waals surface area (Å²) in [6.45, 7) is 2.59. The van der Waals surface area contributed by atoms with Crippen molar-refractivity contribution in [2.45, 2.75) is 151 Å². The standard InChI is InChI=1S/C32H57N3O12/c1-16-8-7-11-19(29(16)43-15-22-26(39)28(41)25(38)17(2)44-22)46-32-24(35-23(37)13-33)30(27(40)21(14-36)47-32)45-20(31(42)34-3)12-18-9-5-4-6-10-18/h16-22,24-30,32,36,38-41H,4-15,33H2,1-3H3,(H,34,42)(H,35,37)/t16?,17?,19-,20+,21+,22+,24?,25-,26?,27+,28+,29-,30?,32-/m1/s1. The topological polar surface area (TPSA) is 232 Å². The second-order valence-electron chi connectivity index (χ2n) is 13.7. The molecule has 4 aliphatic rings. The summed E-state index contributed by atoms with van der Waals surface area (Å²) in [5.41, 5.74) is 5.65. The van der Waals surface area contributed by atoms with Gasteiger partial charge in [-0.25, -0.2) is 0 Å². The molecule has 15 heteroatoms. The van der Waals surface area contributed by atoms with Gasteiger partial charge < -0.3 is 65.6 Å². The summed E-state index contributed by atoms with van der Waals surface area (Å²) in [7, 11) is 1.52. The lowest BCUT2D eigenvalue weighted by Gasteiger charge is -2.47. The SMILES string of the molecule is CNC(=O)[C@H](CC1CCCCC1)OC1C(NC(=O)CN)[C@H](O[C@@H]2CCCC(C)[C@H]2OC[C@@H]2OC(C)[C@@H](O)[C@H](O)C2O)O[C@@H](CO)[C@@H]1O. The first kappa shape index (κ1) is 38.3. The van der Waals surface area contributed by atoms with Crippen LogP contribution in [0.15, 0.2) is 0 Å². The summed E-state index contributed by atoms with van der Waals surface area (Å²) in [5, 5.41) is 57.8. The molecule has 2 heterocycles. The highest BCUT2D eigenvalue weighted by Crippen LogP contribution is 2.35. The van der Waals surface area contributed by atoms with Crippen molar-refractivity contribution in [2.24, 2.45) is 17.6 Å². The fourth-order valence-electron chi connectivity index (χ4n) is 7.45. The molecule has 0 aromatic rings. The minimum atomic E-state index is -1.41. The number of carbonyl (C=O) groups is 2. The molecule has 2 saturated carbocycles. The third-order valence-electron chi connectivity index (χ3n) is 10.3. The number of hydrogen-bond donors (Lipinski definition) is 8. The van der Waals surface area contributed by atoms with Crippen LogP contribution in [-0.2, 0) is 33.3 Å². The van der Waals surface area contributed by atoms with Gasteiger partial charge in [0.25, 0.3) is 0 Å². The zero-order chi connectivity index (χ0) is 34.2. The molecule has 47 heavy (non-hydrogen) atoms. The molecule has 4 fully saturated rings. The Labute approximate surface area is 276 Å². The highest BCUT2D eigenvalue weighted by Gasteiger charge is 2.50. The number of ether oxygens (including phenoxy) is 5. The van der Waals surface area contributed by atoms with E-state index in [-0.39, 0.29) is 30.9 Å². The van der Waals surface area contributed by atoms with Gasteiger partial charge in [-0.3, -0.25) is 9.59 Å². The van der Waals surface area contributed by atoms with Gasteiger partial charge in [0.2, 0.25) is 11.8 Å². The van der Waals surface area contributed by atoms with E-state index in [1.54, 1.807) is 6.92 Å². The minimum absolute atomic E-state index is 0.00231. The molecule has 2 amide bonds. The molecule has 2 aliphatic heterocycles. The first-order valence-electron chi connectivity index (χ1n) is 17.3. The maximum Gasteiger partial charge on any atom is 0.248 e. The average Bonchev–Trinajstić information content (AvgIpc) is 3.07. The zero-order valence-corrected chi connectivity index (χ0v) is 27.8. The van der Waals surface area contributed by atoms with Gasteiger partial charge in [0.05, 0.1) is 38.1 Å². The molecule has 5 unspecified atom stereocenters. The van der Waals surface area contributed by atoms with Crippen molar-refractivity contribution < 1.29 is 58.8 Å². The Balaban J connectivity index is 1.55. The number of amides is 2. The Hall–Kier alpha value is -1.50. The van der Waals surface area contributed by atoms with Crippen LogP contribution in [0, 0.1) is 11.8 Å². The number of likely N-dealkylation sites (N-methyl/N-ethyl adjacent to an activating group) is 1. The van der Waals surface area contributed by atoms with Crippen molar-refractivity contribution in [2.75, 3.05) is 26.8 Å². The quantitative estimate of drug-likeness (QED) is 0.111. The van der Waals surface area contributed by atoms with Gasteiger partial charge in [0.1, 0.15) is 54.9 Å². The van der Waals surface area contributed by atoms with E-state index in [1.165, 1.54) is 7.05 Å². The van der Waals surface area contributed by atoms with Gasteiger partial charge in [0, 0.05) is 7.05 Å². The van der Waals surface area contributed by atoms with Crippen LogP contribution < -0.4 is 16.4 Å². The molecule has 272 valence electrons. The van der Waals surface area contributed by atoms with Crippen LogP contribution in [0.3, 0.4) is 0 Å². The fourth-order valence-corrected chi connectivity index (χ4v) is 7.45. The third kappa shape index (κ3) is 9.60. The minimum Gasteiger partial charge on any atom is -0.394 e. The van der Waals surface area contributed by atoms with Crippen LogP contribution in [0.1, 0.15) is 71.6 Å². The molecule has 0 aromatic heterocycles. The van der Waals surface area contributed by atoms with E-state index in [4.69, 9.17) is 29.4 Å². The first-order valence-corrected chi connectivity index (χ1v) is 17.3. The molecule has 0 spiro atoms. The Morgan fingerprint density at radius 3 is 2.28 bits per heavy atom. The van der Waals surface area contributed by atoms with Gasteiger partial charge in [-0.05, 0) is 38.0 Å². The van der Waals surface area contributed by atoms with E-state index < -0.39 is 92.0 Å². The lowest BCUT2D eigenvalue weighted by molar-refractivity contribution is -0.306. The van der Waals surface area contributed by atoms with Crippen molar-refractivity contribution in [1.82, 2.24) is 10.6 Å². The Kier molecular flexibility index (Phi) is 14.6. The number of aliphatic hydroxyl groups is 5. The van der Waals surface area contributed by atoms with Crippen LogP contribution in [0.4, 0.5) is 0 Å². The molecule has 2 aliphatic carbocycles. The molecule has 0 bridgehead atoms. The van der Waals surface area contributed by atoms with Gasteiger partial charge in [-0.2, -0.15) is 0 Å². The van der Waals surface area contributed by atoms with Crippen LogP contribution in [0.5, 0.6) is 0 Å². The lowest BCUT2D eigenvalue weighted by atomic mass is 9.85. The van der Waals surface area contributed by atoms with Gasteiger partial charge in [-0.1, -0.05) is 45.4 Å². The molecule has 4 rings (SSSR count). The summed E-state index contributed by atoms with van der Waals surface area (Å²) in [5.74, 6) is -0.642.